The van der Waals surface area contributed by atoms with Gasteiger partial charge in [0, 0.05) is 5.38 Å². The average Bonchev–Trinajstić information content (AvgIpc) is 1.95. The van der Waals surface area contributed by atoms with Crippen molar-refractivity contribution in [3.05, 3.63) is 0 Å². The van der Waals surface area contributed by atoms with Crippen LogP contribution in [0.15, 0.2) is 0 Å². The third-order valence-corrected chi connectivity index (χ3v) is 2.07. The standard InChI is InChI=1S/C10H22ClN/c1-9(2)5-4-7-12-8-6-10(3)11/h9-10,12H,4-8H2,1-3H3. The lowest BCUT2D eigenvalue weighted by Gasteiger charge is -2.06. The summed E-state index contributed by atoms with van der Waals surface area (Å²) < 4.78 is 0. The molecule has 0 rings (SSSR count). The molecular weight excluding hydrogens is 170 g/mol. The minimum Gasteiger partial charge on any atom is -0.317 e. The zero-order chi connectivity index (χ0) is 9.40. The van der Waals surface area contributed by atoms with E-state index < -0.39 is 0 Å². The number of halogens is 1. The molecular formula is C10H22ClN. The predicted molar refractivity (Wildman–Crippen MR) is 56.9 cm³/mol. The summed E-state index contributed by atoms with van der Waals surface area (Å²) in [5.74, 6) is 0.832. The first-order valence-corrected chi connectivity index (χ1v) is 5.41. The number of alkyl halides is 1. The zero-order valence-electron chi connectivity index (χ0n) is 8.57. The van der Waals surface area contributed by atoms with E-state index in [0.29, 0.717) is 5.38 Å². The maximum atomic E-state index is 5.80. The van der Waals surface area contributed by atoms with E-state index >= 15 is 0 Å². The van der Waals surface area contributed by atoms with E-state index in [0.717, 1.165) is 25.4 Å². The van der Waals surface area contributed by atoms with Crippen LogP contribution in [0.1, 0.15) is 40.0 Å². The molecule has 12 heavy (non-hydrogen) atoms. The van der Waals surface area contributed by atoms with Crippen LogP contribution in [-0.2, 0) is 0 Å². The molecule has 0 aromatic rings. The molecule has 74 valence electrons. The first-order valence-electron chi connectivity index (χ1n) is 4.97. The van der Waals surface area contributed by atoms with Crippen molar-refractivity contribution in [1.82, 2.24) is 5.32 Å². The minimum atomic E-state index is 0.308. The number of nitrogens with one attached hydrogen (secondary N) is 1. The Labute approximate surface area is 81.9 Å². The Kier molecular flexibility index (Phi) is 8.04. The molecule has 0 fully saturated rings. The van der Waals surface area contributed by atoms with Gasteiger partial charge >= 0.3 is 0 Å². The lowest BCUT2D eigenvalue weighted by molar-refractivity contribution is 0.523. The Morgan fingerprint density at radius 2 is 1.75 bits per heavy atom. The third-order valence-electron chi connectivity index (χ3n) is 1.85. The van der Waals surface area contributed by atoms with Gasteiger partial charge < -0.3 is 5.32 Å². The largest absolute Gasteiger partial charge is 0.317 e. The second-order valence-corrected chi connectivity index (χ2v) is 4.60. The van der Waals surface area contributed by atoms with E-state index in [4.69, 9.17) is 11.6 Å². The molecule has 2 heteroatoms. The number of hydrogen-bond donors (Lipinski definition) is 1. The first-order chi connectivity index (χ1) is 5.63. The van der Waals surface area contributed by atoms with E-state index in [1.807, 2.05) is 6.92 Å². The van der Waals surface area contributed by atoms with Crippen molar-refractivity contribution in [3.8, 4) is 0 Å². The van der Waals surface area contributed by atoms with Crippen LogP contribution in [0, 0.1) is 5.92 Å². The summed E-state index contributed by atoms with van der Waals surface area (Å²) in [5.41, 5.74) is 0. The van der Waals surface area contributed by atoms with E-state index in [-0.39, 0.29) is 0 Å². The highest BCUT2D eigenvalue weighted by Gasteiger charge is 1.96. The van der Waals surface area contributed by atoms with Gasteiger partial charge in [0.25, 0.3) is 0 Å². The Morgan fingerprint density at radius 3 is 2.25 bits per heavy atom. The summed E-state index contributed by atoms with van der Waals surface area (Å²) in [4.78, 5) is 0. The van der Waals surface area contributed by atoms with Gasteiger partial charge in [-0.25, -0.2) is 0 Å². The molecule has 1 atom stereocenters. The van der Waals surface area contributed by atoms with Crippen molar-refractivity contribution < 1.29 is 0 Å². The van der Waals surface area contributed by atoms with Crippen LogP contribution in [-0.4, -0.2) is 18.5 Å². The first kappa shape index (κ1) is 12.2. The van der Waals surface area contributed by atoms with Crippen molar-refractivity contribution in [2.75, 3.05) is 13.1 Å². The van der Waals surface area contributed by atoms with Crippen LogP contribution in [0.4, 0.5) is 0 Å². The molecule has 0 saturated heterocycles. The van der Waals surface area contributed by atoms with E-state index in [1.165, 1.54) is 12.8 Å². The molecule has 0 saturated carbocycles. The highest BCUT2D eigenvalue weighted by Crippen LogP contribution is 2.02. The monoisotopic (exact) mass is 191 g/mol. The van der Waals surface area contributed by atoms with Crippen LogP contribution in [0.3, 0.4) is 0 Å². The minimum absolute atomic E-state index is 0.308. The normalized spacial score (nSPS) is 13.8. The van der Waals surface area contributed by atoms with Gasteiger partial charge in [-0.1, -0.05) is 13.8 Å². The smallest absolute Gasteiger partial charge is 0.0319 e. The maximum Gasteiger partial charge on any atom is 0.0319 e. The highest BCUT2D eigenvalue weighted by molar-refractivity contribution is 6.20. The Balaban J connectivity index is 2.91. The van der Waals surface area contributed by atoms with Crippen LogP contribution in [0.2, 0.25) is 0 Å². The van der Waals surface area contributed by atoms with Gasteiger partial charge in [-0.3, -0.25) is 0 Å². The van der Waals surface area contributed by atoms with Gasteiger partial charge in [0.15, 0.2) is 0 Å². The second-order valence-electron chi connectivity index (χ2n) is 3.86. The van der Waals surface area contributed by atoms with Crippen LogP contribution < -0.4 is 5.32 Å². The number of rotatable bonds is 7. The second kappa shape index (κ2) is 7.88. The van der Waals surface area contributed by atoms with Crippen molar-refractivity contribution in [3.63, 3.8) is 0 Å². The topological polar surface area (TPSA) is 12.0 Å². The van der Waals surface area contributed by atoms with Crippen LogP contribution in [0.25, 0.3) is 0 Å². The summed E-state index contributed by atoms with van der Waals surface area (Å²) in [6.07, 6.45) is 3.68. The lowest BCUT2D eigenvalue weighted by Crippen LogP contribution is -2.19. The average molecular weight is 192 g/mol. The quantitative estimate of drug-likeness (QED) is 0.482. The fraction of sp³-hybridized carbons (Fsp3) is 1.00. The highest BCUT2D eigenvalue weighted by atomic mass is 35.5. The molecule has 1 nitrogen and oxygen atoms in total. The van der Waals surface area contributed by atoms with Crippen molar-refractivity contribution in [2.45, 2.75) is 45.4 Å². The van der Waals surface area contributed by atoms with E-state index in [2.05, 4.69) is 19.2 Å². The zero-order valence-corrected chi connectivity index (χ0v) is 9.32. The Bertz CT molecular complexity index is 79.8. The third kappa shape index (κ3) is 10.2. The molecule has 0 aromatic heterocycles. The van der Waals surface area contributed by atoms with Gasteiger partial charge in [0.05, 0.1) is 0 Å². The number of hydrogen-bond acceptors (Lipinski definition) is 1. The maximum absolute atomic E-state index is 5.80. The summed E-state index contributed by atoms with van der Waals surface area (Å²) in [6.45, 7) is 8.77. The van der Waals surface area contributed by atoms with Gasteiger partial charge in [-0.15, -0.1) is 11.6 Å². The summed E-state index contributed by atoms with van der Waals surface area (Å²) in [6, 6.07) is 0. The molecule has 0 aromatic carbocycles. The molecule has 1 unspecified atom stereocenters. The predicted octanol–water partition coefficient (Wildman–Crippen LogP) is 3.03. The fourth-order valence-corrected chi connectivity index (χ4v) is 1.17. The van der Waals surface area contributed by atoms with Gasteiger partial charge in [-0.05, 0) is 45.2 Å². The van der Waals surface area contributed by atoms with Gasteiger partial charge in [0.2, 0.25) is 0 Å². The van der Waals surface area contributed by atoms with Crippen molar-refractivity contribution in [2.24, 2.45) is 5.92 Å². The molecule has 0 heterocycles. The van der Waals surface area contributed by atoms with Crippen molar-refractivity contribution >= 4 is 11.6 Å². The Hall–Kier alpha value is 0.250. The summed E-state index contributed by atoms with van der Waals surface area (Å²) >= 11 is 5.80. The van der Waals surface area contributed by atoms with Crippen LogP contribution in [0.5, 0.6) is 0 Å². The molecule has 0 aliphatic heterocycles. The molecule has 0 bridgehead atoms. The fourth-order valence-electron chi connectivity index (χ4n) is 1.06. The molecule has 0 aliphatic rings. The molecule has 1 N–H and O–H groups in total. The van der Waals surface area contributed by atoms with E-state index in [9.17, 15) is 0 Å². The molecule has 0 spiro atoms. The van der Waals surface area contributed by atoms with Gasteiger partial charge in [0.1, 0.15) is 0 Å². The van der Waals surface area contributed by atoms with Crippen molar-refractivity contribution in [1.29, 1.82) is 0 Å². The summed E-state index contributed by atoms with van der Waals surface area (Å²) in [7, 11) is 0. The summed E-state index contributed by atoms with van der Waals surface area (Å²) in [5, 5.41) is 3.70. The SMILES string of the molecule is CC(C)CCCNCCC(C)Cl. The lowest BCUT2D eigenvalue weighted by atomic mass is 10.1. The Morgan fingerprint density at radius 1 is 1.08 bits per heavy atom. The van der Waals surface area contributed by atoms with Gasteiger partial charge in [-0.2, -0.15) is 0 Å². The van der Waals surface area contributed by atoms with E-state index in [1.54, 1.807) is 0 Å². The van der Waals surface area contributed by atoms with Crippen LogP contribution >= 0.6 is 11.6 Å². The molecule has 0 amide bonds. The molecule has 0 aliphatic carbocycles. The molecule has 0 radical (unpaired) electrons.